The van der Waals surface area contributed by atoms with Crippen molar-refractivity contribution < 1.29 is 10.0 Å². The third-order valence-electron chi connectivity index (χ3n) is 10.0. The highest BCUT2D eigenvalue weighted by Crippen LogP contribution is 2.65. The van der Waals surface area contributed by atoms with E-state index in [4.69, 9.17) is 5.73 Å². The lowest BCUT2D eigenvalue weighted by Gasteiger charge is -2.65. The molecule has 178 valence electrons. The predicted molar refractivity (Wildman–Crippen MR) is 131 cm³/mol. The Morgan fingerprint density at radius 1 is 1.25 bits per heavy atom. The third kappa shape index (κ3) is 3.45. The van der Waals surface area contributed by atoms with Crippen LogP contribution in [0, 0.1) is 22.7 Å². The molecule has 2 fully saturated rings. The highest BCUT2D eigenvalue weighted by atomic mass is 16.3. The van der Waals surface area contributed by atoms with E-state index in [-0.39, 0.29) is 10.8 Å². The van der Waals surface area contributed by atoms with Crippen LogP contribution in [0.15, 0.2) is 18.0 Å². The first-order valence-corrected chi connectivity index (χ1v) is 12.6. The summed E-state index contributed by atoms with van der Waals surface area (Å²) in [5, 5.41) is 12.2. The van der Waals surface area contributed by atoms with Crippen LogP contribution < -0.4 is 15.5 Å². The summed E-state index contributed by atoms with van der Waals surface area (Å²) in [5.41, 5.74) is 7.95. The maximum Gasteiger partial charge on any atom is 0.256 e. The average molecular weight is 443 g/mol. The zero-order chi connectivity index (χ0) is 23.3. The summed E-state index contributed by atoms with van der Waals surface area (Å²) in [6.07, 6.45) is 11.7. The van der Waals surface area contributed by atoms with Crippen LogP contribution in [0.3, 0.4) is 0 Å². The van der Waals surface area contributed by atoms with Gasteiger partial charge in [-0.05, 0) is 68.1 Å². The van der Waals surface area contributed by atoms with Crippen molar-refractivity contribution in [3.63, 3.8) is 0 Å². The quantitative estimate of drug-likeness (QED) is 0.606. The fourth-order valence-electron chi connectivity index (χ4n) is 7.20. The fourth-order valence-corrected chi connectivity index (χ4v) is 7.20. The van der Waals surface area contributed by atoms with Gasteiger partial charge in [-0.3, -0.25) is 4.90 Å². The van der Waals surface area contributed by atoms with Gasteiger partial charge in [0.1, 0.15) is 6.33 Å². The van der Waals surface area contributed by atoms with Gasteiger partial charge in [-0.1, -0.05) is 45.8 Å². The number of quaternary nitrogens is 1. The molecule has 0 bridgehead atoms. The van der Waals surface area contributed by atoms with Crippen LogP contribution in [-0.4, -0.2) is 40.9 Å². The van der Waals surface area contributed by atoms with Gasteiger partial charge in [-0.25, -0.2) is 4.98 Å². The van der Waals surface area contributed by atoms with E-state index in [1.807, 2.05) is 0 Å². The molecule has 0 aromatic carbocycles. The molecule has 32 heavy (non-hydrogen) atoms. The van der Waals surface area contributed by atoms with Crippen molar-refractivity contribution in [3.05, 3.63) is 18.0 Å². The number of nitrogens with two attached hydrogens (primary N) is 1. The molecule has 4 rings (SSSR count). The van der Waals surface area contributed by atoms with Crippen molar-refractivity contribution in [2.24, 2.45) is 22.7 Å². The fraction of sp³-hybridized carbons (Fsp3) is 0.769. The lowest BCUT2D eigenvalue weighted by molar-refractivity contribution is -0.805. The summed E-state index contributed by atoms with van der Waals surface area (Å²) in [7, 11) is 2.12. The van der Waals surface area contributed by atoms with Crippen molar-refractivity contribution >= 4 is 17.3 Å². The second-order valence-electron chi connectivity index (χ2n) is 11.6. The van der Waals surface area contributed by atoms with Gasteiger partial charge in [-0.2, -0.15) is 4.98 Å². The molecule has 6 nitrogen and oxygen atoms in total. The van der Waals surface area contributed by atoms with E-state index in [1.54, 1.807) is 6.33 Å². The SMILES string of the molecule is C/C(=C\CN1C[NH+](C)c2ncnc(N)c21)CC[C@@]1(C)[C@H](C)CC[C@@]2(C)[C@H](C)CCC[C@]12O. The average Bonchev–Trinajstić information content (AvgIpc) is 3.08. The van der Waals surface area contributed by atoms with Crippen LogP contribution in [0.25, 0.3) is 0 Å². The minimum atomic E-state index is -0.568. The Labute approximate surface area is 194 Å². The van der Waals surface area contributed by atoms with Crippen LogP contribution >= 0.6 is 0 Å². The number of nitrogens with one attached hydrogen (secondary N) is 1. The summed E-state index contributed by atoms with van der Waals surface area (Å²) in [5.74, 6) is 2.68. The molecule has 0 radical (unpaired) electrons. The van der Waals surface area contributed by atoms with E-state index in [1.165, 1.54) is 23.3 Å². The number of fused-ring (bicyclic) bond motifs is 2. The van der Waals surface area contributed by atoms with E-state index in [2.05, 4.69) is 62.6 Å². The minimum absolute atomic E-state index is 0.0360. The molecule has 1 unspecified atom stereocenters. The maximum absolute atomic E-state index is 12.2. The highest BCUT2D eigenvalue weighted by molar-refractivity contribution is 5.73. The summed E-state index contributed by atoms with van der Waals surface area (Å²) in [6, 6.07) is 0. The smallest absolute Gasteiger partial charge is 0.256 e. The van der Waals surface area contributed by atoms with Crippen molar-refractivity contribution in [1.82, 2.24) is 9.97 Å². The second-order valence-corrected chi connectivity index (χ2v) is 11.6. The number of nitrogen functional groups attached to an aromatic ring is 1. The second kappa shape index (κ2) is 8.28. The van der Waals surface area contributed by atoms with Crippen molar-refractivity contribution in [2.45, 2.75) is 85.2 Å². The van der Waals surface area contributed by atoms with E-state index in [0.29, 0.717) is 17.7 Å². The molecule has 0 amide bonds. The van der Waals surface area contributed by atoms with E-state index < -0.39 is 5.60 Å². The molecule has 6 heteroatoms. The van der Waals surface area contributed by atoms with Crippen molar-refractivity contribution in [1.29, 1.82) is 0 Å². The van der Waals surface area contributed by atoms with Crippen LogP contribution in [0.1, 0.15) is 79.6 Å². The van der Waals surface area contributed by atoms with E-state index in [9.17, 15) is 5.11 Å². The Hall–Kier alpha value is -1.66. The number of hydrogen-bond donors (Lipinski definition) is 3. The Morgan fingerprint density at radius 3 is 2.75 bits per heavy atom. The van der Waals surface area contributed by atoms with Gasteiger partial charge in [0.25, 0.3) is 5.82 Å². The zero-order valence-corrected chi connectivity index (χ0v) is 21.0. The van der Waals surface area contributed by atoms with Gasteiger partial charge in [0.05, 0.1) is 12.6 Å². The molecular weight excluding hydrogens is 398 g/mol. The first-order chi connectivity index (χ1) is 15.0. The Morgan fingerprint density at radius 2 is 2.00 bits per heavy atom. The Bertz CT molecular complexity index is 887. The van der Waals surface area contributed by atoms with Gasteiger partial charge in [0.15, 0.2) is 18.2 Å². The van der Waals surface area contributed by atoms with Crippen LogP contribution in [0.2, 0.25) is 0 Å². The largest absolute Gasteiger partial charge is 0.389 e. The Balaban J connectivity index is 1.48. The molecule has 0 spiro atoms. The molecule has 2 saturated carbocycles. The normalized spacial score (nSPS) is 39.7. The summed E-state index contributed by atoms with van der Waals surface area (Å²) >= 11 is 0. The number of rotatable bonds is 5. The van der Waals surface area contributed by atoms with Crippen molar-refractivity contribution in [3.8, 4) is 0 Å². The maximum atomic E-state index is 12.2. The molecule has 1 aromatic heterocycles. The molecular formula is C26H44N5O+. The van der Waals surface area contributed by atoms with Gasteiger partial charge in [-0.15, -0.1) is 0 Å². The molecule has 6 atom stereocenters. The number of anilines is 2. The summed E-state index contributed by atoms with van der Waals surface area (Å²) < 4.78 is 0. The molecule has 2 heterocycles. The number of allylic oxidation sites excluding steroid dienone is 1. The lowest BCUT2D eigenvalue weighted by Crippen LogP contribution is -3.03. The molecule has 4 N–H and O–H groups in total. The van der Waals surface area contributed by atoms with Gasteiger partial charge >= 0.3 is 0 Å². The first-order valence-electron chi connectivity index (χ1n) is 12.6. The van der Waals surface area contributed by atoms with Gasteiger partial charge in [0.2, 0.25) is 0 Å². The Kier molecular flexibility index (Phi) is 6.08. The third-order valence-corrected chi connectivity index (χ3v) is 10.0. The topological polar surface area (TPSA) is 79.7 Å². The number of aliphatic hydroxyl groups is 1. The van der Waals surface area contributed by atoms with E-state index >= 15 is 0 Å². The molecule has 1 aromatic rings. The zero-order valence-electron chi connectivity index (χ0n) is 21.0. The lowest BCUT2D eigenvalue weighted by atomic mass is 9.42. The predicted octanol–water partition coefficient (Wildman–Crippen LogP) is 3.70. The highest BCUT2D eigenvalue weighted by Gasteiger charge is 2.64. The van der Waals surface area contributed by atoms with Crippen LogP contribution in [0.5, 0.6) is 0 Å². The van der Waals surface area contributed by atoms with Gasteiger partial charge in [0, 0.05) is 6.54 Å². The number of aromatic nitrogens is 2. The van der Waals surface area contributed by atoms with E-state index in [0.717, 1.165) is 56.8 Å². The van der Waals surface area contributed by atoms with Crippen LogP contribution in [-0.2, 0) is 0 Å². The number of nitrogens with zero attached hydrogens (tertiary/aromatic N) is 3. The summed E-state index contributed by atoms with van der Waals surface area (Å²) in [6.45, 7) is 13.4. The minimum Gasteiger partial charge on any atom is -0.389 e. The van der Waals surface area contributed by atoms with Crippen LogP contribution in [0.4, 0.5) is 17.3 Å². The number of hydrogen-bond acceptors (Lipinski definition) is 5. The molecule has 3 aliphatic rings. The molecule has 1 aliphatic heterocycles. The molecule has 0 saturated heterocycles. The molecule has 2 aliphatic carbocycles. The standard InChI is InChI=1S/C26H43N5O/c1-18(11-15-31-17-30(6)23-21(31)22(27)28-16-29-23)9-13-24(4)20(3)10-14-25(5)19(2)8-7-12-26(24,25)32/h11,16,19-20,32H,7-10,12-15,17H2,1-6H3,(H2,27,28,29)/p+1/b18-11+/t19-,20-,24+,25+,26+/m1/s1. The van der Waals surface area contributed by atoms with Gasteiger partial charge < -0.3 is 15.7 Å². The summed E-state index contributed by atoms with van der Waals surface area (Å²) in [4.78, 5) is 12.2. The van der Waals surface area contributed by atoms with Crippen molar-refractivity contribution in [2.75, 3.05) is 30.9 Å². The first kappa shape index (κ1) is 23.5. The monoisotopic (exact) mass is 442 g/mol.